The van der Waals surface area contributed by atoms with Crippen molar-refractivity contribution in [2.24, 2.45) is 11.1 Å². The Labute approximate surface area is 108 Å². The van der Waals surface area contributed by atoms with Crippen LogP contribution < -0.4 is 19.9 Å². The molecule has 0 bridgehead atoms. The molecule has 0 unspecified atom stereocenters. The maximum absolute atomic E-state index is 5.69. The maximum Gasteiger partial charge on any atom is 0.231 e. The van der Waals surface area contributed by atoms with Gasteiger partial charge < -0.3 is 19.9 Å². The summed E-state index contributed by atoms with van der Waals surface area (Å²) in [6.45, 7) is 6.05. The van der Waals surface area contributed by atoms with Crippen molar-refractivity contribution in [2.75, 3.05) is 19.9 Å². The van der Waals surface area contributed by atoms with Gasteiger partial charge in [-0.3, -0.25) is 0 Å². The second-order valence-corrected chi connectivity index (χ2v) is 5.34. The monoisotopic (exact) mass is 251 g/mol. The van der Waals surface area contributed by atoms with Crippen LogP contribution in [-0.2, 0) is 0 Å². The second-order valence-electron chi connectivity index (χ2n) is 5.34. The normalized spacial score (nSPS) is 13.7. The van der Waals surface area contributed by atoms with Crippen molar-refractivity contribution in [3.63, 3.8) is 0 Å². The van der Waals surface area contributed by atoms with Gasteiger partial charge in [0.25, 0.3) is 0 Å². The zero-order valence-corrected chi connectivity index (χ0v) is 11.1. The van der Waals surface area contributed by atoms with Crippen LogP contribution in [0.4, 0.5) is 0 Å². The Hall–Kier alpha value is -1.42. The first kappa shape index (κ1) is 13.0. The molecule has 1 aromatic rings. The van der Waals surface area contributed by atoms with E-state index in [0.717, 1.165) is 30.1 Å². The topological polar surface area (TPSA) is 53.7 Å². The predicted molar refractivity (Wildman–Crippen MR) is 70.1 cm³/mol. The number of fused-ring (bicyclic) bond motifs is 1. The molecule has 0 saturated carbocycles. The summed E-state index contributed by atoms with van der Waals surface area (Å²) >= 11 is 0. The van der Waals surface area contributed by atoms with Crippen molar-refractivity contribution in [2.45, 2.75) is 26.7 Å². The van der Waals surface area contributed by atoms with Crippen LogP contribution in [0.25, 0.3) is 0 Å². The fourth-order valence-corrected chi connectivity index (χ4v) is 1.81. The molecule has 1 heterocycles. The Kier molecular flexibility index (Phi) is 3.97. The van der Waals surface area contributed by atoms with E-state index in [1.807, 2.05) is 18.2 Å². The molecular weight excluding hydrogens is 230 g/mol. The minimum atomic E-state index is 0.193. The van der Waals surface area contributed by atoms with E-state index >= 15 is 0 Å². The molecule has 0 atom stereocenters. The number of benzene rings is 1. The van der Waals surface area contributed by atoms with Gasteiger partial charge in [0, 0.05) is 6.07 Å². The van der Waals surface area contributed by atoms with Crippen molar-refractivity contribution in [1.82, 2.24) is 0 Å². The Bertz CT molecular complexity index is 404. The lowest BCUT2D eigenvalue weighted by molar-refractivity contribution is 0.173. The fourth-order valence-electron chi connectivity index (χ4n) is 1.81. The van der Waals surface area contributed by atoms with Crippen LogP contribution in [0.2, 0.25) is 0 Å². The van der Waals surface area contributed by atoms with Gasteiger partial charge in [-0.25, -0.2) is 0 Å². The largest absolute Gasteiger partial charge is 0.493 e. The van der Waals surface area contributed by atoms with Gasteiger partial charge >= 0.3 is 0 Å². The Morgan fingerprint density at radius 3 is 2.83 bits per heavy atom. The molecule has 0 saturated heterocycles. The van der Waals surface area contributed by atoms with Crippen molar-refractivity contribution in [3.05, 3.63) is 18.2 Å². The predicted octanol–water partition coefficient (Wildman–Crippen LogP) is 2.56. The van der Waals surface area contributed by atoms with E-state index in [2.05, 4.69) is 13.8 Å². The molecule has 0 aliphatic carbocycles. The molecular formula is C14H21NO3. The SMILES string of the molecule is CC(C)(CN)CCCOc1ccc2c(c1)OCO2. The van der Waals surface area contributed by atoms with Gasteiger partial charge in [0.1, 0.15) is 5.75 Å². The van der Waals surface area contributed by atoms with E-state index in [0.29, 0.717) is 19.9 Å². The molecule has 2 rings (SSSR count). The minimum absolute atomic E-state index is 0.193. The molecule has 1 aliphatic rings. The lowest BCUT2D eigenvalue weighted by atomic mass is 9.88. The molecule has 0 fully saturated rings. The molecule has 2 N–H and O–H groups in total. The molecule has 0 aromatic heterocycles. The van der Waals surface area contributed by atoms with Crippen LogP contribution in [0.3, 0.4) is 0 Å². The standard InChI is InChI=1S/C14H21NO3/c1-14(2,9-15)6-3-7-16-11-4-5-12-13(8-11)18-10-17-12/h4-5,8H,3,6-7,9-10,15H2,1-2H3. The van der Waals surface area contributed by atoms with Gasteiger partial charge in [-0.1, -0.05) is 13.8 Å². The van der Waals surface area contributed by atoms with Crippen LogP contribution in [0.5, 0.6) is 17.2 Å². The highest BCUT2D eigenvalue weighted by Gasteiger charge is 2.15. The third-order valence-electron chi connectivity index (χ3n) is 3.16. The smallest absolute Gasteiger partial charge is 0.231 e. The average Bonchev–Trinajstić information content (AvgIpc) is 2.82. The Morgan fingerprint density at radius 1 is 1.28 bits per heavy atom. The summed E-state index contributed by atoms with van der Waals surface area (Å²) in [6.07, 6.45) is 2.06. The molecule has 1 aromatic carbocycles. The average molecular weight is 251 g/mol. The fraction of sp³-hybridized carbons (Fsp3) is 0.571. The van der Waals surface area contributed by atoms with Gasteiger partial charge in [-0.05, 0) is 36.9 Å². The summed E-state index contributed by atoms with van der Waals surface area (Å²) in [7, 11) is 0. The number of nitrogens with two attached hydrogens (primary N) is 1. The van der Waals surface area contributed by atoms with E-state index in [4.69, 9.17) is 19.9 Å². The molecule has 1 aliphatic heterocycles. The third-order valence-corrected chi connectivity index (χ3v) is 3.16. The van der Waals surface area contributed by atoms with E-state index < -0.39 is 0 Å². The molecule has 18 heavy (non-hydrogen) atoms. The molecule has 4 nitrogen and oxygen atoms in total. The number of rotatable bonds is 6. The van der Waals surface area contributed by atoms with Crippen LogP contribution in [0.15, 0.2) is 18.2 Å². The molecule has 4 heteroatoms. The lowest BCUT2D eigenvalue weighted by Gasteiger charge is -2.21. The summed E-state index contributed by atoms with van der Waals surface area (Å²) < 4.78 is 16.2. The zero-order chi connectivity index (χ0) is 13.0. The summed E-state index contributed by atoms with van der Waals surface area (Å²) in [4.78, 5) is 0. The van der Waals surface area contributed by atoms with Crippen LogP contribution >= 0.6 is 0 Å². The first-order chi connectivity index (χ1) is 8.61. The number of hydrogen-bond donors (Lipinski definition) is 1. The highest BCUT2D eigenvalue weighted by molar-refractivity contribution is 5.46. The van der Waals surface area contributed by atoms with Crippen molar-refractivity contribution < 1.29 is 14.2 Å². The van der Waals surface area contributed by atoms with Gasteiger partial charge in [-0.2, -0.15) is 0 Å². The maximum atomic E-state index is 5.69. The first-order valence-corrected chi connectivity index (χ1v) is 6.33. The van der Waals surface area contributed by atoms with E-state index in [9.17, 15) is 0 Å². The quantitative estimate of drug-likeness (QED) is 0.789. The van der Waals surface area contributed by atoms with Crippen LogP contribution in [0, 0.1) is 5.41 Å². The summed E-state index contributed by atoms with van der Waals surface area (Å²) in [5, 5.41) is 0. The van der Waals surface area contributed by atoms with E-state index in [-0.39, 0.29) is 5.41 Å². The molecule has 100 valence electrons. The Morgan fingerprint density at radius 2 is 2.06 bits per heavy atom. The zero-order valence-electron chi connectivity index (χ0n) is 11.1. The highest BCUT2D eigenvalue weighted by Crippen LogP contribution is 2.35. The van der Waals surface area contributed by atoms with E-state index in [1.165, 1.54) is 0 Å². The lowest BCUT2D eigenvalue weighted by Crippen LogP contribution is -2.23. The van der Waals surface area contributed by atoms with Crippen LogP contribution in [0.1, 0.15) is 26.7 Å². The van der Waals surface area contributed by atoms with Crippen LogP contribution in [-0.4, -0.2) is 19.9 Å². The van der Waals surface area contributed by atoms with Crippen molar-refractivity contribution >= 4 is 0 Å². The Balaban J connectivity index is 1.77. The number of hydrogen-bond acceptors (Lipinski definition) is 4. The molecule has 0 radical (unpaired) electrons. The number of ether oxygens (including phenoxy) is 3. The molecule has 0 amide bonds. The second kappa shape index (κ2) is 5.48. The minimum Gasteiger partial charge on any atom is -0.493 e. The highest BCUT2D eigenvalue weighted by atomic mass is 16.7. The third kappa shape index (κ3) is 3.29. The molecule has 0 spiro atoms. The van der Waals surface area contributed by atoms with Gasteiger partial charge in [0.05, 0.1) is 6.61 Å². The summed E-state index contributed by atoms with van der Waals surface area (Å²) in [5.41, 5.74) is 5.88. The van der Waals surface area contributed by atoms with Crippen molar-refractivity contribution in [1.29, 1.82) is 0 Å². The van der Waals surface area contributed by atoms with E-state index in [1.54, 1.807) is 0 Å². The van der Waals surface area contributed by atoms with Gasteiger partial charge in [0.15, 0.2) is 11.5 Å². The van der Waals surface area contributed by atoms with Gasteiger partial charge in [-0.15, -0.1) is 0 Å². The summed E-state index contributed by atoms with van der Waals surface area (Å²) in [5.74, 6) is 2.37. The summed E-state index contributed by atoms with van der Waals surface area (Å²) in [6, 6.07) is 5.65. The van der Waals surface area contributed by atoms with Crippen molar-refractivity contribution in [3.8, 4) is 17.2 Å². The first-order valence-electron chi connectivity index (χ1n) is 6.33. The van der Waals surface area contributed by atoms with Gasteiger partial charge in [0.2, 0.25) is 6.79 Å².